The maximum absolute atomic E-state index is 10.9. The molecule has 0 aromatic heterocycles. The predicted octanol–water partition coefficient (Wildman–Crippen LogP) is 1.96. The van der Waals surface area contributed by atoms with Crippen molar-refractivity contribution in [3.05, 3.63) is 35.9 Å². The third-order valence-corrected chi connectivity index (χ3v) is 4.20. The Morgan fingerprint density at radius 2 is 1.76 bits per heavy atom. The minimum atomic E-state index is -0.694. The summed E-state index contributed by atoms with van der Waals surface area (Å²) in [7, 11) is 0. The van der Waals surface area contributed by atoms with Crippen LogP contribution in [0.1, 0.15) is 18.9 Å². The van der Waals surface area contributed by atoms with Crippen molar-refractivity contribution < 1.29 is 9.90 Å². The average Bonchev–Trinajstić information content (AvgIpc) is 2.50. The van der Waals surface area contributed by atoms with Crippen molar-refractivity contribution in [1.82, 2.24) is 9.80 Å². The molecular weight excluding hydrogens is 264 g/mol. The van der Waals surface area contributed by atoms with E-state index in [1.54, 1.807) is 6.92 Å². The molecular formula is C17H26N2O2. The lowest BCUT2D eigenvalue weighted by molar-refractivity contribution is -0.141. The van der Waals surface area contributed by atoms with Gasteiger partial charge in [0.2, 0.25) is 0 Å². The van der Waals surface area contributed by atoms with E-state index >= 15 is 0 Å². The maximum Gasteiger partial charge on any atom is 0.307 e. The summed E-state index contributed by atoms with van der Waals surface area (Å²) in [6, 6.07) is 10.6. The zero-order valence-electron chi connectivity index (χ0n) is 12.9. The number of benzene rings is 1. The summed E-state index contributed by atoms with van der Waals surface area (Å²) in [6.45, 7) is 7.69. The predicted molar refractivity (Wildman–Crippen MR) is 84.4 cm³/mol. The first-order chi connectivity index (χ1) is 10.1. The van der Waals surface area contributed by atoms with Crippen LogP contribution >= 0.6 is 0 Å². The molecule has 4 nitrogen and oxygen atoms in total. The first-order valence-corrected chi connectivity index (χ1v) is 7.86. The van der Waals surface area contributed by atoms with Crippen LogP contribution in [0.3, 0.4) is 0 Å². The molecule has 0 bridgehead atoms. The zero-order chi connectivity index (χ0) is 15.1. The molecule has 2 rings (SSSR count). The van der Waals surface area contributed by atoms with Crippen molar-refractivity contribution in [3.8, 4) is 0 Å². The Bertz CT molecular complexity index is 428. The number of aliphatic carboxylic acids is 1. The highest BCUT2D eigenvalue weighted by Crippen LogP contribution is 2.08. The van der Waals surface area contributed by atoms with Crippen molar-refractivity contribution in [3.63, 3.8) is 0 Å². The average molecular weight is 290 g/mol. The normalized spacial score (nSPS) is 18.5. The minimum Gasteiger partial charge on any atom is -0.481 e. The fourth-order valence-corrected chi connectivity index (χ4v) is 2.81. The lowest BCUT2D eigenvalue weighted by Gasteiger charge is -2.35. The molecule has 0 spiro atoms. The molecule has 0 amide bonds. The Hall–Kier alpha value is -1.39. The minimum absolute atomic E-state index is 0.269. The molecule has 1 aromatic carbocycles. The van der Waals surface area contributed by atoms with Crippen LogP contribution in [-0.4, -0.2) is 60.1 Å². The Labute approximate surface area is 127 Å². The zero-order valence-corrected chi connectivity index (χ0v) is 12.9. The van der Waals surface area contributed by atoms with Crippen LogP contribution in [0, 0.1) is 5.92 Å². The molecule has 1 aliphatic rings. The summed E-state index contributed by atoms with van der Waals surface area (Å²) in [4.78, 5) is 15.6. The highest BCUT2D eigenvalue weighted by atomic mass is 16.4. The van der Waals surface area contributed by atoms with Crippen molar-refractivity contribution in [2.45, 2.75) is 19.8 Å². The number of piperazine rings is 1. The number of carboxylic acids is 1. The molecule has 1 aromatic rings. The SMILES string of the molecule is CC(CN1CCN(CCCc2ccccc2)CC1)C(=O)O. The van der Waals surface area contributed by atoms with E-state index in [4.69, 9.17) is 5.11 Å². The van der Waals surface area contributed by atoms with Gasteiger partial charge in [0.05, 0.1) is 5.92 Å². The first kappa shape index (κ1) is 16.0. The summed E-state index contributed by atoms with van der Waals surface area (Å²) in [6.07, 6.45) is 2.33. The Balaban J connectivity index is 1.62. The third kappa shape index (κ3) is 5.48. The Morgan fingerprint density at radius 1 is 1.14 bits per heavy atom. The molecule has 1 aliphatic heterocycles. The monoisotopic (exact) mass is 290 g/mol. The number of nitrogens with zero attached hydrogens (tertiary/aromatic N) is 2. The summed E-state index contributed by atoms with van der Waals surface area (Å²) >= 11 is 0. The topological polar surface area (TPSA) is 43.8 Å². The highest BCUT2D eigenvalue weighted by molar-refractivity contribution is 5.69. The van der Waals surface area contributed by atoms with Crippen molar-refractivity contribution in [2.24, 2.45) is 5.92 Å². The van der Waals surface area contributed by atoms with Crippen molar-refractivity contribution in [2.75, 3.05) is 39.3 Å². The molecule has 1 N–H and O–H groups in total. The van der Waals surface area contributed by atoms with E-state index in [9.17, 15) is 4.79 Å². The van der Waals surface area contributed by atoms with Gasteiger partial charge >= 0.3 is 5.97 Å². The molecule has 116 valence electrons. The lowest BCUT2D eigenvalue weighted by atomic mass is 10.1. The van der Waals surface area contributed by atoms with Gasteiger partial charge in [0, 0.05) is 32.7 Å². The molecule has 1 unspecified atom stereocenters. The van der Waals surface area contributed by atoms with E-state index in [2.05, 4.69) is 40.1 Å². The fourth-order valence-electron chi connectivity index (χ4n) is 2.81. The van der Waals surface area contributed by atoms with E-state index in [-0.39, 0.29) is 5.92 Å². The van der Waals surface area contributed by atoms with Crippen molar-refractivity contribution >= 4 is 5.97 Å². The van der Waals surface area contributed by atoms with Crippen LogP contribution in [0.15, 0.2) is 30.3 Å². The second-order valence-electron chi connectivity index (χ2n) is 5.97. The smallest absolute Gasteiger partial charge is 0.307 e. The fraction of sp³-hybridized carbons (Fsp3) is 0.588. The van der Waals surface area contributed by atoms with Crippen LogP contribution in [0.25, 0.3) is 0 Å². The first-order valence-electron chi connectivity index (χ1n) is 7.86. The van der Waals surface area contributed by atoms with Gasteiger partial charge in [0.15, 0.2) is 0 Å². The van der Waals surface area contributed by atoms with Gasteiger partial charge in [0.25, 0.3) is 0 Å². The van der Waals surface area contributed by atoms with E-state index < -0.39 is 5.97 Å². The quantitative estimate of drug-likeness (QED) is 0.833. The van der Waals surface area contributed by atoms with Gasteiger partial charge in [-0.05, 0) is 24.9 Å². The molecule has 1 saturated heterocycles. The van der Waals surface area contributed by atoms with Crippen LogP contribution in [-0.2, 0) is 11.2 Å². The summed E-state index contributed by atoms with van der Waals surface area (Å²) < 4.78 is 0. The molecule has 0 saturated carbocycles. The summed E-state index contributed by atoms with van der Waals surface area (Å²) in [5, 5.41) is 8.95. The number of carboxylic acid groups (broad SMARTS) is 1. The molecule has 4 heteroatoms. The van der Waals surface area contributed by atoms with E-state index in [1.165, 1.54) is 12.0 Å². The summed E-state index contributed by atoms with van der Waals surface area (Å²) in [5.41, 5.74) is 1.41. The third-order valence-electron chi connectivity index (χ3n) is 4.20. The van der Waals surface area contributed by atoms with Gasteiger partial charge < -0.3 is 10.0 Å². The van der Waals surface area contributed by atoms with Gasteiger partial charge in [-0.15, -0.1) is 0 Å². The Kier molecular flexibility index (Phi) is 6.21. The van der Waals surface area contributed by atoms with E-state index in [1.807, 2.05) is 0 Å². The van der Waals surface area contributed by atoms with Crippen LogP contribution < -0.4 is 0 Å². The second kappa shape index (κ2) is 8.15. The number of hydrogen-bond acceptors (Lipinski definition) is 3. The van der Waals surface area contributed by atoms with Gasteiger partial charge in [-0.2, -0.15) is 0 Å². The largest absolute Gasteiger partial charge is 0.481 e. The molecule has 21 heavy (non-hydrogen) atoms. The number of rotatable bonds is 7. The van der Waals surface area contributed by atoms with E-state index in [0.29, 0.717) is 6.54 Å². The molecule has 1 heterocycles. The van der Waals surface area contributed by atoms with Crippen LogP contribution in [0.4, 0.5) is 0 Å². The molecule has 0 radical (unpaired) electrons. The standard InChI is InChI=1S/C17H26N2O2/c1-15(17(20)21)14-19-12-10-18(11-13-19)9-5-8-16-6-3-2-4-7-16/h2-4,6-7,15H,5,8-14H2,1H3,(H,20,21). The molecule has 0 aliphatic carbocycles. The maximum atomic E-state index is 10.9. The number of carbonyl (C=O) groups is 1. The molecule has 1 atom stereocenters. The Morgan fingerprint density at radius 3 is 2.38 bits per heavy atom. The van der Waals surface area contributed by atoms with Crippen LogP contribution in [0.2, 0.25) is 0 Å². The van der Waals surface area contributed by atoms with Gasteiger partial charge in [-0.1, -0.05) is 37.3 Å². The highest BCUT2D eigenvalue weighted by Gasteiger charge is 2.20. The number of hydrogen-bond donors (Lipinski definition) is 1. The second-order valence-corrected chi connectivity index (χ2v) is 5.97. The van der Waals surface area contributed by atoms with Crippen LogP contribution in [0.5, 0.6) is 0 Å². The molecule has 1 fully saturated rings. The van der Waals surface area contributed by atoms with E-state index in [0.717, 1.165) is 39.1 Å². The number of aryl methyl sites for hydroxylation is 1. The van der Waals surface area contributed by atoms with Gasteiger partial charge in [-0.3, -0.25) is 9.69 Å². The lowest BCUT2D eigenvalue weighted by Crippen LogP contribution is -2.48. The van der Waals surface area contributed by atoms with Crippen molar-refractivity contribution in [1.29, 1.82) is 0 Å². The van der Waals surface area contributed by atoms with Gasteiger partial charge in [0.1, 0.15) is 0 Å². The van der Waals surface area contributed by atoms with Gasteiger partial charge in [-0.25, -0.2) is 0 Å². The summed E-state index contributed by atoms with van der Waals surface area (Å²) in [5.74, 6) is -0.963.